The summed E-state index contributed by atoms with van der Waals surface area (Å²) in [7, 11) is 0. The van der Waals surface area contributed by atoms with Crippen LogP contribution in [0.4, 0.5) is 8.78 Å². The van der Waals surface area contributed by atoms with E-state index in [4.69, 9.17) is 9.84 Å². The number of nitrogens with zero attached hydrogens (tertiary/aromatic N) is 1. The Bertz CT molecular complexity index is 1030. The third-order valence-electron chi connectivity index (χ3n) is 4.08. The van der Waals surface area contributed by atoms with Gasteiger partial charge in [-0.15, -0.1) is 0 Å². The highest BCUT2D eigenvalue weighted by Gasteiger charge is 2.14. The number of aryl methyl sites for hydroxylation is 1. The minimum atomic E-state index is -0.708. The number of rotatable bonds is 5. The van der Waals surface area contributed by atoms with Gasteiger partial charge in [0.15, 0.2) is 0 Å². The molecule has 7 heteroatoms. The van der Waals surface area contributed by atoms with E-state index in [0.29, 0.717) is 11.4 Å². The Labute approximate surface area is 162 Å². The van der Waals surface area contributed by atoms with Crippen molar-refractivity contribution in [3.8, 4) is 11.4 Å². The van der Waals surface area contributed by atoms with Crippen LogP contribution < -0.4 is 10.3 Å². The first-order chi connectivity index (χ1) is 12.9. The van der Waals surface area contributed by atoms with Gasteiger partial charge in [0, 0.05) is 29.1 Å². The maximum absolute atomic E-state index is 13.7. The van der Waals surface area contributed by atoms with Crippen molar-refractivity contribution >= 4 is 15.9 Å². The summed E-state index contributed by atoms with van der Waals surface area (Å²) in [5, 5.41) is 9.14. The average molecular weight is 436 g/mol. The number of halogens is 3. The molecular weight excluding hydrogens is 420 g/mol. The lowest BCUT2D eigenvalue weighted by Crippen LogP contribution is -2.22. The van der Waals surface area contributed by atoms with Gasteiger partial charge in [0.05, 0.1) is 6.61 Å². The lowest BCUT2D eigenvalue weighted by atomic mass is 10.2. The second kappa shape index (κ2) is 8.02. The number of benzene rings is 2. The number of aliphatic hydroxyl groups is 1. The zero-order valence-electron chi connectivity index (χ0n) is 14.4. The zero-order chi connectivity index (χ0) is 19.6. The van der Waals surface area contributed by atoms with Gasteiger partial charge in [0.2, 0.25) is 0 Å². The molecule has 27 heavy (non-hydrogen) atoms. The quantitative estimate of drug-likeness (QED) is 0.651. The van der Waals surface area contributed by atoms with Crippen LogP contribution in [0.25, 0.3) is 5.69 Å². The largest absolute Gasteiger partial charge is 0.487 e. The summed E-state index contributed by atoms with van der Waals surface area (Å²) < 4.78 is 34.0. The Hall–Kier alpha value is -2.51. The van der Waals surface area contributed by atoms with E-state index in [2.05, 4.69) is 15.9 Å². The highest BCUT2D eigenvalue weighted by molar-refractivity contribution is 9.10. The van der Waals surface area contributed by atoms with E-state index in [9.17, 15) is 13.6 Å². The van der Waals surface area contributed by atoms with Crippen LogP contribution in [0.2, 0.25) is 0 Å². The molecule has 0 atom stereocenters. The van der Waals surface area contributed by atoms with Gasteiger partial charge >= 0.3 is 0 Å². The van der Waals surface area contributed by atoms with Crippen LogP contribution in [0.1, 0.15) is 16.8 Å². The third-order valence-corrected chi connectivity index (χ3v) is 4.81. The highest BCUT2D eigenvalue weighted by atomic mass is 79.9. The smallest absolute Gasteiger partial charge is 0.273 e. The first kappa shape index (κ1) is 19.3. The summed E-state index contributed by atoms with van der Waals surface area (Å²) >= 11 is 3.24. The minimum Gasteiger partial charge on any atom is -0.487 e. The number of aliphatic hydroxyl groups excluding tert-OH is 1. The van der Waals surface area contributed by atoms with E-state index in [0.717, 1.165) is 17.7 Å². The molecule has 140 valence electrons. The summed E-state index contributed by atoms with van der Waals surface area (Å²) in [6.45, 7) is 1.53. The van der Waals surface area contributed by atoms with Gasteiger partial charge in [-0.25, -0.2) is 8.78 Å². The Balaban J connectivity index is 1.91. The normalized spacial score (nSPS) is 10.9. The SMILES string of the molecule is Cc1cc(OCc2ccc(F)cc2F)c(Br)c(=O)n1-c1ccc(CO)cc1. The van der Waals surface area contributed by atoms with E-state index >= 15 is 0 Å². The molecule has 0 fully saturated rings. The number of hydrogen-bond acceptors (Lipinski definition) is 3. The van der Waals surface area contributed by atoms with E-state index < -0.39 is 11.6 Å². The second-order valence-corrected chi connectivity index (χ2v) is 6.75. The van der Waals surface area contributed by atoms with Crippen molar-refractivity contribution in [1.29, 1.82) is 0 Å². The molecule has 0 spiro atoms. The Kier molecular flexibility index (Phi) is 5.72. The fourth-order valence-corrected chi connectivity index (χ4v) is 3.06. The van der Waals surface area contributed by atoms with Crippen molar-refractivity contribution in [2.75, 3.05) is 0 Å². The van der Waals surface area contributed by atoms with Crippen LogP contribution in [0.3, 0.4) is 0 Å². The molecule has 3 aromatic rings. The van der Waals surface area contributed by atoms with Crippen LogP contribution in [0, 0.1) is 18.6 Å². The Morgan fingerprint density at radius 1 is 1.11 bits per heavy atom. The number of ether oxygens (including phenoxy) is 1. The first-order valence-corrected chi connectivity index (χ1v) is 8.89. The molecule has 0 amide bonds. The molecule has 0 radical (unpaired) electrons. The molecule has 0 saturated heterocycles. The van der Waals surface area contributed by atoms with Gasteiger partial charge < -0.3 is 9.84 Å². The highest BCUT2D eigenvalue weighted by Crippen LogP contribution is 2.25. The minimum absolute atomic E-state index is 0.0788. The first-order valence-electron chi connectivity index (χ1n) is 8.09. The monoisotopic (exact) mass is 435 g/mol. The van der Waals surface area contributed by atoms with E-state index in [1.54, 1.807) is 37.3 Å². The molecule has 2 aromatic carbocycles. The molecule has 0 unspecified atom stereocenters. The second-order valence-electron chi connectivity index (χ2n) is 5.95. The van der Waals surface area contributed by atoms with Crippen LogP contribution in [0.5, 0.6) is 5.75 Å². The van der Waals surface area contributed by atoms with Crippen LogP contribution in [0.15, 0.2) is 57.8 Å². The van der Waals surface area contributed by atoms with Crippen molar-refractivity contribution in [3.63, 3.8) is 0 Å². The van der Waals surface area contributed by atoms with Crippen molar-refractivity contribution < 1.29 is 18.6 Å². The fraction of sp³-hybridized carbons (Fsp3) is 0.150. The number of pyridine rings is 1. The van der Waals surface area contributed by atoms with Crippen molar-refractivity contribution in [1.82, 2.24) is 4.57 Å². The van der Waals surface area contributed by atoms with E-state index in [1.807, 2.05) is 0 Å². The summed E-state index contributed by atoms with van der Waals surface area (Å²) in [6, 6.07) is 11.8. The maximum Gasteiger partial charge on any atom is 0.273 e. The van der Waals surface area contributed by atoms with E-state index in [1.165, 1.54) is 10.6 Å². The lowest BCUT2D eigenvalue weighted by Gasteiger charge is -2.15. The third kappa shape index (κ3) is 4.09. The Morgan fingerprint density at radius 2 is 1.81 bits per heavy atom. The van der Waals surface area contributed by atoms with E-state index in [-0.39, 0.29) is 34.6 Å². The van der Waals surface area contributed by atoms with Crippen LogP contribution in [-0.4, -0.2) is 9.67 Å². The summed E-state index contributed by atoms with van der Waals surface area (Å²) in [4.78, 5) is 12.8. The van der Waals surface area contributed by atoms with Gasteiger partial charge in [-0.3, -0.25) is 9.36 Å². The van der Waals surface area contributed by atoms with Crippen molar-refractivity contribution in [2.45, 2.75) is 20.1 Å². The molecule has 4 nitrogen and oxygen atoms in total. The van der Waals surface area contributed by atoms with Gasteiger partial charge in [-0.2, -0.15) is 0 Å². The van der Waals surface area contributed by atoms with Crippen molar-refractivity contribution in [2.24, 2.45) is 0 Å². The van der Waals surface area contributed by atoms with Gasteiger partial charge in [-0.05, 0) is 52.7 Å². The molecule has 0 aliphatic heterocycles. The lowest BCUT2D eigenvalue weighted by molar-refractivity contribution is 0.282. The van der Waals surface area contributed by atoms with Gasteiger partial charge in [-0.1, -0.05) is 12.1 Å². The number of aromatic nitrogens is 1. The molecule has 0 saturated carbocycles. The van der Waals surface area contributed by atoms with Gasteiger partial charge in [0.25, 0.3) is 5.56 Å². The number of hydrogen-bond donors (Lipinski definition) is 1. The molecule has 1 N–H and O–H groups in total. The predicted octanol–water partition coefficient (Wildman–Crippen LogP) is 4.26. The van der Waals surface area contributed by atoms with Crippen molar-refractivity contribution in [3.05, 3.63) is 91.8 Å². The molecule has 1 heterocycles. The predicted molar refractivity (Wildman–Crippen MR) is 101 cm³/mol. The van der Waals surface area contributed by atoms with Crippen LogP contribution >= 0.6 is 15.9 Å². The van der Waals surface area contributed by atoms with Gasteiger partial charge in [0.1, 0.15) is 28.5 Å². The molecule has 1 aromatic heterocycles. The zero-order valence-corrected chi connectivity index (χ0v) is 16.0. The molecule has 0 aliphatic rings. The summed E-state index contributed by atoms with van der Waals surface area (Å²) in [6.07, 6.45) is 0. The molecule has 0 aliphatic carbocycles. The molecular formula is C20H16BrF2NO3. The average Bonchev–Trinajstić information content (AvgIpc) is 2.65. The topological polar surface area (TPSA) is 51.5 Å². The fourth-order valence-electron chi connectivity index (χ4n) is 2.65. The maximum atomic E-state index is 13.7. The summed E-state index contributed by atoms with van der Waals surface area (Å²) in [5.41, 5.74) is 1.86. The summed E-state index contributed by atoms with van der Waals surface area (Å²) in [5.74, 6) is -1.10. The van der Waals surface area contributed by atoms with Crippen LogP contribution in [-0.2, 0) is 13.2 Å². The Morgan fingerprint density at radius 3 is 2.44 bits per heavy atom. The molecule has 3 rings (SSSR count). The molecule has 0 bridgehead atoms. The standard InChI is InChI=1S/C20H16BrF2NO3/c1-12-8-18(27-11-14-4-5-15(22)9-17(14)23)19(21)20(26)24(12)16-6-2-13(10-25)3-7-16/h2-9,25H,10-11H2,1H3.